The van der Waals surface area contributed by atoms with Crippen LogP contribution in [0.25, 0.3) is 11.1 Å². The summed E-state index contributed by atoms with van der Waals surface area (Å²) in [4.78, 5) is 16.3. The molecule has 2 aromatic heterocycles. The van der Waals surface area contributed by atoms with Crippen molar-refractivity contribution in [2.75, 3.05) is 13.7 Å². The third-order valence-corrected chi connectivity index (χ3v) is 4.87. The highest BCUT2D eigenvalue weighted by Gasteiger charge is 2.17. The summed E-state index contributed by atoms with van der Waals surface area (Å²) in [6.07, 6.45) is 5.60. The van der Waals surface area contributed by atoms with E-state index in [0.717, 1.165) is 26.0 Å². The zero-order chi connectivity index (χ0) is 19.2. The van der Waals surface area contributed by atoms with Gasteiger partial charge in [0.05, 0.1) is 23.1 Å². The first-order valence-corrected chi connectivity index (χ1v) is 9.45. The van der Waals surface area contributed by atoms with Crippen molar-refractivity contribution in [1.82, 2.24) is 10.3 Å². The molecule has 3 rings (SSSR count). The van der Waals surface area contributed by atoms with Crippen molar-refractivity contribution < 1.29 is 18.3 Å². The van der Waals surface area contributed by atoms with Crippen molar-refractivity contribution in [2.45, 2.75) is 12.8 Å². The summed E-state index contributed by atoms with van der Waals surface area (Å²) in [6, 6.07) is 8.91. The number of hydrogen-bond acceptors (Lipinski definition) is 4. The van der Waals surface area contributed by atoms with Crippen LogP contribution >= 0.6 is 22.6 Å². The van der Waals surface area contributed by atoms with Gasteiger partial charge in [0.2, 0.25) is 0 Å². The Morgan fingerprint density at radius 2 is 2.15 bits per heavy atom. The molecule has 0 saturated carbocycles. The van der Waals surface area contributed by atoms with Crippen molar-refractivity contribution in [3.63, 3.8) is 0 Å². The van der Waals surface area contributed by atoms with E-state index in [1.807, 2.05) is 18.2 Å². The summed E-state index contributed by atoms with van der Waals surface area (Å²) in [6.45, 7) is 0.454. The van der Waals surface area contributed by atoms with Gasteiger partial charge < -0.3 is 14.5 Å². The zero-order valence-electron chi connectivity index (χ0n) is 14.7. The molecule has 1 aromatic carbocycles. The molecule has 1 amide bonds. The first-order valence-electron chi connectivity index (χ1n) is 8.37. The lowest BCUT2D eigenvalue weighted by molar-refractivity contribution is 0.0926. The minimum Gasteiger partial charge on any atom is -0.496 e. The van der Waals surface area contributed by atoms with Gasteiger partial charge in [0.25, 0.3) is 5.91 Å². The molecule has 0 fully saturated rings. The largest absolute Gasteiger partial charge is 0.496 e. The molecule has 0 aliphatic rings. The van der Waals surface area contributed by atoms with E-state index in [9.17, 15) is 9.18 Å². The lowest BCUT2D eigenvalue weighted by atomic mass is 10.1. The van der Waals surface area contributed by atoms with E-state index in [4.69, 9.17) is 9.15 Å². The lowest BCUT2D eigenvalue weighted by Gasteiger charge is -2.08. The first-order chi connectivity index (χ1) is 13.1. The molecule has 0 unspecified atom stereocenters. The Morgan fingerprint density at radius 3 is 2.89 bits per heavy atom. The molecule has 140 valence electrons. The van der Waals surface area contributed by atoms with Crippen LogP contribution in [0.1, 0.15) is 22.5 Å². The van der Waals surface area contributed by atoms with Crippen LogP contribution in [0, 0.1) is 9.39 Å². The van der Waals surface area contributed by atoms with Crippen LogP contribution < -0.4 is 10.1 Å². The van der Waals surface area contributed by atoms with Crippen molar-refractivity contribution in [2.24, 2.45) is 0 Å². The number of ether oxygens (including phenoxy) is 1. The third-order valence-electron chi connectivity index (χ3n) is 4.02. The SMILES string of the molecule is COc1ccc(-c2ccoc2C(=O)NCCCc2cncc(F)c2)cc1I. The topological polar surface area (TPSA) is 64.4 Å². The third kappa shape index (κ3) is 4.85. The molecule has 0 radical (unpaired) electrons. The summed E-state index contributed by atoms with van der Waals surface area (Å²) in [5, 5.41) is 2.84. The summed E-state index contributed by atoms with van der Waals surface area (Å²) >= 11 is 2.19. The van der Waals surface area contributed by atoms with Crippen LogP contribution in [-0.2, 0) is 6.42 Å². The van der Waals surface area contributed by atoms with Gasteiger partial charge in [0, 0.05) is 18.3 Å². The molecule has 0 aliphatic heterocycles. The van der Waals surface area contributed by atoms with E-state index in [0.29, 0.717) is 19.4 Å². The molecule has 5 nitrogen and oxygen atoms in total. The van der Waals surface area contributed by atoms with Crippen LogP contribution in [-0.4, -0.2) is 24.5 Å². The second-order valence-electron chi connectivity index (χ2n) is 5.88. The van der Waals surface area contributed by atoms with Gasteiger partial charge in [-0.2, -0.15) is 0 Å². The smallest absolute Gasteiger partial charge is 0.287 e. The fourth-order valence-corrected chi connectivity index (χ4v) is 3.45. The fourth-order valence-electron chi connectivity index (χ4n) is 2.71. The van der Waals surface area contributed by atoms with E-state index >= 15 is 0 Å². The zero-order valence-corrected chi connectivity index (χ0v) is 16.8. The quantitative estimate of drug-likeness (QED) is 0.401. The highest BCUT2D eigenvalue weighted by molar-refractivity contribution is 14.1. The number of nitrogens with one attached hydrogen (secondary N) is 1. The molecule has 2 heterocycles. The fraction of sp³-hybridized carbons (Fsp3) is 0.200. The number of nitrogens with zero attached hydrogens (tertiary/aromatic N) is 1. The number of benzene rings is 1. The normalized spacial score (nSPS) is 10.6. The second kappa shape index (κ2) is 8.98. The van der Waals surface area contributed by atoms with Crippen LogP contribution in [0.5, 0.6) is 5.75 Å². The van der Waals surface area contributed by atoms with Gasteiger partial charge in [0.15, 0.2) is 5.76 Å². The second-order valence-corrected chi connectivity index (χ2v) is 7.05. The number of carbonyl (C=O) groups is 1. The van der Waals surface area contributed by atoms with Gasteiger partial charge in [-0.1, -0.05) is 6.07 Å². The summed E-state index contributed by atoms with van der Waals surface area (Å²) in [5.41, 5.74) is 2.41. The van der Waals surface area contributed by atoms with Gasteiger partial charge in [-0.3, -0.25) is 9.78 Å². The molecule has 1 N–H and O–H groups in total. The molecule has 0 saturated heterocycles. The van der Waals surface area contributed by atoms with Gasteiger partial charge in [0.1, 0.15) is 11.6 Å². The average molecular weight is 480 g/mol. The molecule has 0 atom stereocenters. The number of rotatable bonds is 7. The molecule has 7 heteroatoms. The number of aromatic nitrogens is 1. The van der Waals surface area contributed by atoms with E-state index in [1.165, 1.54) is 18.5 Å². The van der Waals surface area contributed by atoms with Crippen molar-refractivity contribution in [3.8, 4) is 16.9 Å². The number of carbonyl (C=O) groups excluding carboxylic acids is 1. The van der Waals surface area contributed by atoms with Crippen molar-refractivity contribution in [3.05, 3.63) is 69.7 Å². The number of amides is 1. The lowest BCUT2D eigenvalue weighted by Crippen LogP contribution is -2.24. The van der Waals surface area contributed by atoms with Gasteiger partial charge in [-0.15, -0.1) is 0 Å². The Hall–Kier alpha value is -2.42. The van der Waals surface area contributed by atoms with Gasteiger partial charge >= 0.3 is 0 Å². The number of pyridine rings is 1. The highest BCUT2D eigenvalue weighted by atomic mass is 127. The minimum atomic E-state index is -0.356. The highest BCUT2D eigenvalue weighted by Crippen LogP contribution is 2.30. The Morgan fingerprint density at radius 1 is 1.30 bits per heavy atom. The average Bonchev–Trinajstić information content (AvgIpc) is 3.15. The van der Waals surface area contributed by atoms with Gasteiger partial charge in [-0.25, -0.2) is 4.39 Å². The number of halogens is 2. The Labute approximate surface area is 170 Å². The van der Waals surface area contributed by atoms with Crippen LogP contribution in [0.4, 0.5) is 4.39 Å². The maximum atomic E-state index is 13.1. The molecular weight excluding hydrogens is 462 g/mol. The Balaban J connectivity index is 1.61. The Bertz CT molecular complexity index is 942. The maximum Gasteiger partial charge on any atom is 0.287 e. The Kier molecular flexibility index (Phi) is 6.44. The summed E-state index contributed by atoms with van der Waals surface area (Å²) in [7, 11) is 1.62. The van der Waals surface area contributed by atoms with Gasteiger partial charge in [-0.05, 0) is 70.8 Å². The predicted octanol–water partition coefficient (Wildman–Crippen LogP) is 4.46. The van der Waals surface area contributed by atoms with E-state index in [-0.39, 0.29) is 17.5 Å². The molecule has 0 aliphatic carbocycles. The maximum absolute atomic E-state index is 13.1. The van der Waals surface area contributed by atoms with Crippen LogP contribution in [0.3, 0.4) is 0 Å². The minimum absolute atomic E-state index is 0.267. The number of aryl methyl sites for hydroxylation is 1. The van der Waals surface area contributed by atoms with E-state index in [1.54, 1.807) is 19.4 Å². The van der Waals surface area contributed by atoms with Crippen molar-refractivity contribution >= 4 is 28.5 Å². The predicted molar refractivity (Wildman–Crippen MR) is 108 cm³/mol. The number of hydrogen-bond donors (Lipinski definition) is 1. The molecule has 0 bridgehead atoms. The summed E-state index contributed by atoms with van der Waals surface area (Å²) < 4.78 is 24.7. The summed E-state index contributed by atoms with van der Waals surface area (Å²) in [5.74, 6) is 0.410. The standard InChI is InChI=1S/C20H18FIN2O3/c1-26-18-5-4-14(10-17(18)22)16-6-8-27-19(16)20(25)24-7-2-3-13-9-15(21)12-23-11-13/h4-6,8-12H,2-3,7H2,1H3,(H,24,25). The van der Waals surface area contributed by atoms with Crippen molar-refractivity contribution in [1.29, 1.82) is 0 Å². The number of furan rings is 1. The first kappa shape index (κ1) is 19.3. The molecule has 0 spiro atoms. The van der Waals surface area contributed by atoms with Crippen LogP contribution in [0.15, 0.2) is 53.4 Å². The molecule has 3 aromatic rings. The monoisotopic (exact) mass is 480 g/mol. The molecule has 27 heavy (non-hydrogen) atoms. The van der Waals surface area contributed by atoms with E-state index < -0.39 is 0 Å². The molecular formula is C20H18FIN2O3. The van der Waals surface area contributed by atoms with Crippen LogP contribution in [0.2, 0.25) is 0 Å². The number of methoxy groups -OCH3 is 1. The van der Waals surface area contributed by atoms with E-state index in [2.05, 4.69) is 32.9 Å².